The molecular formula is C26H30N4O2. The van der Waals surface area contributed by atoms with Crippen LogP contribution in [0, 0.1) is 0 Å². The van der Waals surface area contributed by atoms with Gasteiger partial charge in [0, 0.05) is 36.3 Å². The molecule has 0 spiro atoms. The van der Waals surface area contributed by atoms with E-state index in [4.69, 9.17) is 4.98 Å². The second-order valence-corrected chi connectivity index (χ2v) is 9.06. The smallest absolute Gasteiger partial charge is 0.261 e. The first-order valence-corrected chi connectivity index (χ1v) is 11.8. The van der Waals surface area contributed by atoms with Gasteiger partial charge in [-0.25, -0.2) is 4.98 Å². The second-order valence-electron chi connectivity index (χ2n) is 9.06. The molecule has 0 atom stereocenters. The lowest BCUT2D eigenvalue weighted by atomic mass is 9.95. The minimum Gasteiger partial charge on any atom is -0.382 e. The van der Waals surface area contributed by atoms with Crippen LogP contribution in [-0.2, 0) is 11.2 Å². The van der Waals surface area contributed by atoms with Crippen LogP contribution in [0.3, 0.4) is 0 Å². The van der Waals surface area contributed by atoms with Crippen molar-refractivity contribution in [3.63, 3.8) is 0 Å². The summed E-state index contributed by atoms with van der Waals surface area (Å²) in [7, 11) is 0. The number of hydrogen-bond acceptors (Lipinski definition) is 4. The first kappa shape index (κ1) is 20.7. The molecule has 0 bridgehead atoms. The van der Waals surface area contributed by atoms with Crippen LogP contribution in [0.25, 0.3) is 10.9 Å². The number of benzene rings is 2. The summed E-state index contributed by atoms with van der Waals surface area (Å²) < 4.78 is 1.81. The molecule has 2 aliphatic carbocycles. The SMILES string of the molecule is O=C(CCc1nc2ccccc2c(=O)n1C1CC1)Nc1ccc(NC2CCCCC2)cc1. The molecule has 0 unspecified atom stereocenters. The van der Waals surface area contributed by atoms with Gasteiger partial charge < -0.3 is 10.6 Å². The van der Waals surface area contributed by atoms with Gasteiger partial charge in [-0.05, 0) is 62.1 Å². The summed E-state index contributed by atoms with van der Waals surface area (Å²) in [6.07, 6.45) is 9.14. The van der Waals surface area contributed by atoms with E-state index in [-0.39, 0.29) is 17.5 Å². The summed E-state index contributed by atoms with van der Waals surface area (Å²) in [5.41, 5.74) is 2.60. The highest BCUT2D eigenvalue weighted by molar-refractivity contribution is 5.91. The Hall–Kier alpha value is -3.15. The molecule has 0 radical (unpaired) electrons. The number of rotatable bonds is 7. The van der Waals surface area contributed by atoms with Crippen molar-refractivity contribution >= 4 is 28.2 Å². The number of hydrogen-bond donors (Lipinski definition) is 2. The Labute approximate surface area is 188 Å². The third-order valence-electron chi connectivity index (χ3n) is 6.51. The number of carbonyl (C=O) groups is 1. The minimum atomic E-state index is -0.0669. The number of aromatic nitrogens is 2. The van der Waals surface area contributed by atoms with Crippen molar-refractivity contribution in [2.24, 2.45) is 0 Å². The van der Waals surface area contributed by atoms with Gasteiger partial charge in [0.2, 0.25) is 5.91 Å². The summed E-state index contributed by atoms with van der Waals surface area (Å²) in [6.45, 7) is 0. The number of carbonyl (C=O) groups excluding carboxylic acids is 1. The van der Waals surface area contributed by atoms with E-state index in [1.54, 1.807) is 4.57 Å². The van der Waals surface area contributed by atoms with Gasteiger partial charge in [0.05, 0.1) is 10.9 Å². The average Bonchev–Trinajstić information content (AvgIpc) is 3.65. The first-order chi connectivity index (χ1) is 15.7. The lowest BCUT2D eigenvalue weighted by molar-refractivity contribution is -0.116. The van der Waals surface area contributed by atoms with Crippen LogP contribution in [0.15, 0.2) is 53.3 Å². The van der Waals surface area contributed by atoms with Crippen LogP contribution < -0.4 is 16.2 Å². The van der Waals surface area contributed by atoms with Gasteiger partial charge in [0.15, 0.2) is 0 Å². The van der Waals surface area contributed by atoms with E-state index in [0.29, 0.717) is 35.6 Å². The fraction of sp³-hybridized carbons (Fsp3) is 0.423. The Morgan fingerprint density at radius 1 is 0.938 bits per heavy atom. The molecule has 6 heteroatoms. The molecule has 2 fully saturated rings. The topological polar surface area (TPSA) is 76.0 Å². The summed E-state index contributed by atoms with van der Waals surface area (Å²) in [6, 6.07) is 16.2. The Balaban J connectivity index is 1.22. The Bertz CT molecular complexity index is 1160. The van der Waals surface area contributed by atoms with E-state index in [2.05, 4.69) is 10.6 Å². The second kappa shape index (κ2) is 9.15. The van der Waals surface area contributed by atoms with Gasteiger partial charge in [-0.1, -0.05) is 31.4 Å². The summed E-state index contributed by atoms with van der Waals surface area (Å²) >= 11 is 0. The molecule has 6 nitrogen and oxygen atoms in total. The highest BCUT2D eigenvalue weighted by Gasteiger charge is 2.28. The average molecular weight is 431 g/mol. The third kappa shape index (κ3) is 4.69. The zero-order valence-electron chi connectivity index (χ0n) is 18.3. The number of para-hydroxylation sites is 1. The van der Waals surface area contributed by atoms with Crippen molar-refractivity contribution in [2.45, 2.75) is 69.9 Å². The van der Waals surface area contributed by atoms with Gasteiger partial charge in [0.25, 0.3) is 5.56 Å². The molecule has 1 aromatic heterocycles. The largest absolute Gasteiger partial charge is 0.382 e. The lowest BCUT2D eigenvalue weighted by Gasteiger charge is -2.23. The molecule has 0 aliphatic heterocycles. The molecule has 2 N–H and O–H groups in total. The maximum Gasteiger partial charge on any atom is 0.261 e. The molecule has 32 heavy (non-hydrogen) atoms. The van der Waals surface area contributed by atoms with E-state index >= 15 is 0 Å². The molecular weight excluding hydrogens is 400 g/mol. The van der Waals surface area contributed by atoms with E-state index in [9.17, 15) is 9.59 Å². The third-order valence-corrected chi connectivity index (χ3v) is 6.51. The predicted octanol–water partition coefficient (Wildman–Crippen LogP) is 5.05. The molecule has 0 saturated heterocycles. The van der Waals surface area contributed by atoms with Gasteiger partial charge in [0.1, 0.15) is 5.82 Å². The van der Waals surface area contributed by atoms with Gasteiger partial charge >= 0.3 is 0 Å². The maximum atomic E-state index is 13.0. The van der Waals surface area contributed by atoms with E-state index in [1.165, 1.54) is 32.1 Å². The Morgan fingerprint density at radius 3 is 2.41 bits per heavy atom. The number of aryl methyl sites for hydroxylation is 1. The van der Waals surface area contributed by atoms with Crippen LogP contribution in [0.5, 0.6) is 0 Å². The van der Waals surface area contributed by atoms with Crippen LogP contribution >= 0.6 is 0 Å². The summed E-state index contributed by atoms with van der Waals surface area (Å²) in [5.74, 6) is 0.640. The van der Waals surface area contributed by atoms with Crippen molar-refractivity contribution in [2.75, 3.05) is 10.6 Å². The normalized spacial score (nSPS) is 16.8. The standard InChI is InChI=1S/C26H30N4O2/c31-25(28-20-12-10-19(11-13-20)27-18-6-2-1-3-7-18)17-16-24-29-23-9-5-4-8-22(23)26(32)30(24)21-14-15-21/h4-5,8-13,18,21,27H,1-3,6-7,14-17H2,(H,28,31). The number of nitrogens with one attached hydrogen (secondary N) is 2. The van der Waals surface area contributed by atoms with Crippen molar-refractivity contribution in [3.8, 4) is 0 Å². The fourth-order valence-electron chi connectivity index (χ4n) is 4.66. The fourth-order valence-corrected chi connectivity index (χ4v) is 4.66. The molecule has 1 heterocycles. The molecule has 3 aromatic rings. The number of fused-ring (bicyclic) bond motifs is 1. The van der Waals surface area contributed by atoms with E-state index in [0.717, 1.165) is 24.2 Å². The zero-order chi connectivity index (χ0) is 21.9. The molecule has 1 amide bonds. The zero-order valence-corrected chi connectivity index (χ0v) is 18.3. The van der Waals surface area contributed by atoms with Crippen LogP contribution in [-0.4, -0.2) is 21.5 Å². The molecule has 166 valence electrons. The monoisotopic (exact) mass is 430 g/mol. The van der Waals surface area contributed by atoms with E-state index < -0.39 is 0 Å². The van der Waals surface area contributed by atoms with E-state index in [1.807, 2.05) is 48.5 Å². The van der Waals surface area contributed by atoms with Crippen LogP contribution in [0.2, 0.25) is 0 Å². The predicted molar refractivity (Wildman–Crippen MR) is 128 cm³/mol. The maximum absolute atomic E-state index is 13.0. The Morgan fingerprint density at radius 2 is 1.66 bits per heavy atom. The molecule has 2 aromatic carbocycles. The quantitative estimate of drug-likeness (QED) is 0.550. The summed E-state index contributed by atoms with van der Waals surface area (Å²) in [5, 5.41) is 7.22. The number of nitrogens with zero attached hydrogens (tertiary/aromatic N) is 2. The molecule has 2 aliphatic rings. The van der Waals surface area contributed by atoms with Crippen molar-refractivity contribution in [1.29, 1.82) is 0 Å². The summed E-state index contributed by atoms with van der Waals surface area (Å²) in [4.78, 5) is 30.3. The number of amides is 1. The van der Waals surface area contributed by atoms with Crippen molar-refractivity contribution < 1.29 is 4.79 Å². The highest BCUT2D eigenvalue weighted by atomic mass is 16.1. The first-order valence-electron chi connectivity index (χ1n) is 11.8. The Kier molecular flexibility index (Phi) is 5.93. The minimum absolute atomic E-state index is 0.00885. The van der Waals surface area contributed by atoms with Gasteiger partial charge in [-0.3, -0.25) is 14.2 Å². The van der Waals surface area contributed by atoms with Gasteiger partial charge in [-0.15, -0.1) is 0 Å². The van der Waals surface area contributed by atoms with Crippen molar-refractivity contribution in [3.05, 3.63) is 64.7 Å². The highest BCUT2D eigenvalue weighted by Crippen LogP contribution is 2.35. The van der Waals surface area contributed by atoms with Crippen molar-refractivity contribution in [1.82, 2.24) is 9.55 Å². The lowest BCUT2D eigenvalue weighted by Crippen LogP contribution is -2.25. The van der Waals surface area contributed by atoms with Crippen LogP contribution in [0.1, 0.15) is 63.2 Å². The van der Waals surface area contributed by atoms with Gasteiger partial charge in [-0.2, -0.15) is 0 Å². The van der Waals surface area contributed by atoms with Crippen LogP contribution in [0.4, 0.5) is 11.4 Å². The number of anilines is 2. The molecule has 5 rings (SSSR count). The molecule has 2 saturated carbocycles.